The molecule has 1 heterocycles. The molecule has 1 atom stereocenters. The number of nitro groups is 1. The van der Waals surface area contributed by atoms with E-state index < -0.39 is 16.5 Å². The fourth-order valence-electron chi connectivity index (χ4n) is 3.44. The highest BCUT2D eigenvalue weighted by molar-refractivity contribution is 6.00. The first-order valence-corrected chi connectivity index (χ1v) is 8.98. The molecule has 1 amide bonds. The van der Waals surface area contributed by atoms with Crippen molar-refractivity contribution in [3.05, 3.63) is 21.7 Å². The molecule has 0 bridgehead atoms. The van der Waals surface area contributed by atoms with E-state index in [0.717, 1.165) is 32.4 Å². The number of rotatable bonds is 9. The van der Waals surface area contributed by atoms with Crippen LogP contribution in [-0.4, -0.2) is 62.7 Å². The number of hydrogen-bond acceptors (Lipinski definition) is 7. The van der Waals surface area contributed by atoms with E-state index in [-0.39, 0.29) is 28.9 Å². The predicted molar refractivity (Wildman–Crippen MR) is 100.0 cm³/mol. The molecule has 1 aromatic rings. The van der Waals surface area contributed by atoms with Crippen molar-refractivity contribution in [3.63, 3.8) is 0 Å². The largest absolute Gasteiger partial charge is 0.493 e. The van der Waals surface area contributed by atoms with Crippen LogP contribution in [0.4, 0.5) is 5.69 Å². The van der Waals surface area contributed by atoms with Crippen LogP contribution in [0.25, 0.3) is 0 Å². The number of carbonyl (C=O) groups excluding carboxylic acids is 1. The molecular formula is C18H27N3O6. The van der Waals surface area contributed by atoms with Gasteiger partial charge in [0.15, 0.2) is 5.75 Å². The molecule has 0 radical (unpaired) electrons. The van der Waals surface area contributed by atoms with Crippen LogP contribution in [0.3, 0.4) is 0 Å². The van der Waals surface area contributed by atoms with Crippen LogP contribution in [0.15, 0.2) is 6.07 Å². The summed E-state index contributed by atoms with van der Waals surface area (Å²) >= 11 is 0. The van der Waals surface area contributed by atoms with Gasteiger partial charge in [-0.15, -0.1) is 0 Å². The first-order chi connectivity index (χ1) is 13.0. The van der Waals surface area contributed by atoms with E-state index in [1.165, 1.54) is 27.4 Å². The Bertz CT molecular complexity index is 688. The Kier molecular flexibility index (Phi) is 7.23. The third-order valence-corrected chi connectivity index (χ3v) is 4.86. The molecule has 1 saturated heterocycles. The van der Waals surface area contributed by atoms with Crippen molar-refractivity contribution in [1.82, 2.24) is 10.2 Å². The normalized spacial score (nSPS) is 15.3. The second-order valence-electron chi connectivity index (χ2n) is 6.31. The van der Waals surface area contributed by atoms with E-state index in [4.69, 9.17) is 14.2 Å². The zero-order valence-electron chi connectivity index (χ0n) is 16.2. The molecule has 1 fully saturated rings. The van der Waals surface area contributed by atoms with Gasteiger partial charge >= 0.3 is 5.69 Å². The van der Waals surface area contributed by atoms with Crippen molar-refractivity contribution in [2.45, 2.75) is 32.2 Å². The van der Waals surface area contributed by atoms with Crippen LogP contribution >= 0.6 is 0 Å². The number of carbonyl (C=O) groups is 1. The van der Waals surface area contributed by atoms with Gasteiger partial charge in [-0.05, 0) is 32.4 Å². The van der Waals surface area contributed by atoms with Gasteiger partial charge in [-0.1, -0.05) is 6.92 Å². The molecule has 0 aromatic heterocycles. The van der Waals surface area contributed by atoms with Crippen LogP contribution < -0.4 is 19.5 Å². The maximum atomic E-state index is 12.8. The second kappa shape index (κ2) is 9.40. The number of hydrogen-bond donors (Lipinski definition) is 1. The molecule has 9 heteroatoms. The highest BCUT2D eigenvalue weighted by Gasteiger charge is 2.32. The van der Waals surface area contributed by atoms with Gasteiger partial charge in [0, 0.05) is 18.7 Å². The summed E-state index contributed by atoms with van der Waals surface area (Å²) in [4.78, 5) is 26.1. The third-order valence-electron chi connectivity index (χ3n) is 4.86. The van der Waals surface area contributed by atoms with Gasteiger partial charge in [-0.25, -0.2) is 0 Å². The highest BCUT2D eigenvalue weighted by atomic mass is 16.6. The highest BCUT2D eigenvalue weighted by Crippen LogP contribution is 2.46. The minimum absolute atomic E-state index is 0.0757. The number of nitro benzene ring substituents is 1. The summed E-state index contributed by atoms with van der Waals surface area (Å²) in [7, 11) is 4.03. The Balaban J connectivity index is 2.32. The first-order valence-electron chi connectivity index (χ1n) is 8.98. The van der Waals surface area contributed by atoms with Crippen molar-refractivity contribution < 1.29 is 23.9 Å². The quantitative estimate of drug-likeness (QED) is 0.517. The maximum Gasteiger partial charge on any atom is 0.327 e. The zero-order valence-corrected chi connectivity index (χ0v) is 16.2. The maximum absolute atomic E-state index is 12.8. The Morgan fingerprint density at radius 3 is 2.33 bits per heavy atom. The van der Waals surface area contributed by atoms with E-state index in [1.807, 2.05) is 0 Å². The third kappa shape index (κ3) is 4.41. The molecular weight excluding hydrogens is 354 g/mol. The molecule has 9 nitrogen and oxygen atoms in total. The minimum atomic E-state index is -0.645. The van der Waals surface area contributed by atoms with Gasteiger partial charge in [0.1, 0.15) is 5.56 Å². The Labute approximate surface area is 158 Å². The summed E-state index contributed by atoms with van der Waals surface area (Å²) in [5, 5.41) is 14.4. The molecule has 1 aliphatic rings. The number of methoxy groups -OCH3 is 3. The number of nitrogens with zero attached hydrogens (tertiary/aromatic N) is 2. The first kappa shape index (κ1) is 20.8. The molecule has 150 valence electrons. The molecule has 27 heavy (non-hydrogen) atoms. The van der Waals surface area contributed by atoms with Crippen molar-refractivity contribution in [1.29, 1.82) is 0 Å². The van der Waals surface area contributed by atoms with Gasteiger partial charge in [0.05, 0.1) is 26.3 Å². The van der Waals surface area contributed by atoms with E-state index in [1.54, 1.807) is 0 Å². The summed E-state index contributed by atoms with van der Waals surface area (Å²) in [5.74, 6) is -0.416. The zero-order chi connectivity index (χ0) is 20.0. The van der Waals surface area contributed by atoms with Crippen molar-refractivity contribution >= 4 is 11.6 Å². The average Bonchev–Trinajstić information content (AvgIpc) is 3.20. The lowest BCUT2D eigenvalue weighted by molar-refractivity contribution is -0.386. The van der Waals surface area contributed by atoms with Crippen LogP contribution in [-0.2, 0) is 0 Å². The monoisotopic (exact) mass is 381 g/mol. The fraction of sp³-hybridized carbons (Fsp3) is 0.611. The molecule has 2 rings (SSSR count). The van der Waals surface area contributed by atoms with Crippen molar-refractivity contribution in [2.75, 3.05) is 41.0 Å². The standard InChI is InChI=1S/C18H27N3O6/c1-5-12(20-8-6-7-9-20)11-19-18(22)13-10-14(25-2)16(26-3)17(27-4)15(13)21(23)24/h10,12H,5-9,11H2,1-4H3,(H,19,22). The van der Waals surface area contributed by atoms with Crippen molar-refractivity contribution in [2.24, 2.45) is 0 Å². The Hall–Kier alpha value is -2.55. The topological polar surface area (TPSA) is 103 Å². The number of benzene rings is 1. The lowest BCUT2D eigenvalue weighted by atomic mass is 10.1. The molecule has 0 spiro atoms. The molecule has 1 aliphatic heterocycles. The number of likely N-dealkylation sites (tertiary alicyclic amines) is 1. The second-order valence-corrected chi connectivity index (χ2v) is 6.31. The van der Waals surface area contributed by atoms with Crippen LogP contribution in [0, 0.1) is 10.1 Å². The summed E-state index contributed by atoms with van der Waals surface area (Å²) in [6, 6.07) is 1.52. The SMILES string of the molecule is CCC(CNC(=O)c1cc(OC)c(OC)c(OC)c1[N+](=O)[O-])N1CCCC1. The summed E-state index contributed by atoms with van der Waals surface area (Å²) in [6.45, 7) is 4.51. The van der Waals surface area contributed by atoms with E-state index in [2.05, 4.69) is 17.1 Å². The lowest BCUT2D eigenvalue weighted by Crippen LogP contribution is -2.42. The van der Waals surface area contributed by atoms with Gasteiger partial charge in [-0.3, -0.25) is 19.8 Å². The minimum Gasteiger partial charge on any atom is -0.493 e. The van der Waals surface area contributed by atoms with Gasteiger partial charge in [-0.2, -0.15) is 0 Å². The average molecular weight is 381 g/mol. The van der Waals surface area contributed by atoms with Crippen LogP contribution in [0.5, 0.6) is 17.2 Å². The fourth-order valence-corrected chi connectivity index (χ4v) is 3.44. The smallest absolute Gasteiger partial charge is 0.327 e. The number of amides is 1. The number of ether oxygens (including phenoxy) is 3. The summed E-state index contributed by atoms with van der Waals surface area (Å²) in [6.07, 6.45) is 3.20. The predicted octanol–water partition coefficient (Wildman–Crippen LogP) is 2.22. The Morgan fingerprint density at radius 2 is 1.85 bits per heavy atom. The van der Waals surface area contributed by atoms with Gasteiger partial charge in [0.2, 0.25) is 11.5 Å². The summed E-state index contributed by atoms with van der Waals surface area (Å²) < 4.78 is 15.5. The van der Waals surface area contributed by atoms with Gasteiger partial charge in [0.25, 0.3) is 5.91 Å². The summed E-state index contributed by atoms with van der Waals surface area (Å²) in [5.41, 5.74) is -0.562. The van der Waals surface area contributed by atoms with Crippen LogP contribution in [0.2, 0.25) is 0 Å². The molecule has 0 aliphatic carbocycles. The molecule has 0 saturated carbocycles. The molecule has 1 N–H and O–H groups in total. The number of nitrogens with one attached hydrogen (secondary N) is 1. The van der Waals surface area contributed by atoms with Gasteiger partial charge < -0.3 is 19.5 Å². The molecule has 1 unspecified atom stereocenters. The van der Waals surface area contributed by atoms with Crippen LogP contribution in [0.1, 0.15) is 36.5 Å². The molecule has 1 aromatic carbocycles. The van der Waals surface area contributed by atoms with Crippen molar-refractivity contribution in [3.8, 4) is 17.2 Å². The Morgan fingerprint density at radius 1 is 1.22 bits per heavy atom. The van der Waals surface area contributed by atoms with E-state index in [0.29, 0.717) is 6.54 Å². The lowest BCUT2D eigenvalue weighted by Gasteiger charge is -2.26. The van der Waals surface area contributed by atoms with E-state index >= 15 is 0 Å². The van der Waals surface area contributed by atoms with E-state index in [9.17, 15) is 14.9 Å².